The number of nitrogens with one attached hydrogen (secondary N) is 1. The molecule has 5 heteroatoms. The van der Waals surface area contributed by atoms with E-state index in [0.717, 1.165) is 12.9 Å². The molecule has 0 saturated heterocycles. The summed E-state index contributed by atoms with van der Waals surface area (Å²) in [4.78, 5) is 0. The number of rotatable bonds is 2. The first-order chi connectivity index (χ1) is 4.47. The van der Waals surface area contributed by atoms with Crippen LogP contribution in [0.2, 0.25) is 0 Å². The van der Waals surface area contributed by atoms with Gasteiger partial charge in [-0.1, -0.05) is 0 Å². The van der Waals surface area contributed by atoms with E-state index in [1.165, 1.54) is 7.05 Å². The third-order valence-electron chi connectivity index (χ3n) is 0.659. The van der Waals surface area contributed by atoms with Crippen LogP contribution in [0.3, 0.4) is 0 Å². The Morgan fingerprint density at radius 1 is 1.50 bits per heavy atom. The molecule has 64 valence electrons. The smallest absolute Gasteiger partial charge is 0.208 e. The zero-order chi connectivity index (χ0) is 8.62. The van der Waals surface area contributed by atoms with Crippen LogP contribution in [0.15, 0.2) is 0 Å². The highest BCUT2D eigenvalue weighted by molar-refractivity contribution is 7.88. The van der Waals surface area contributed by atoms with Crippen molar-refractivity contribution >= 4 is 10.0 Å². The maximum absolute atomic E-state index is 9.89. The van der Waals surface area contributed by atoms with Gasteiger partial charge < -0.3 is 4.74 Å². The fraction of sp³-hybridized carbons (Fsp3) is 1.00. The summed E-state index contributed by atoms with van der Waals surface area (Å²) in [5, 5.41) is 0. The van der Waals surface area contributed by atoms with Gasteiger partial charge >= 0.3 is 0 Å². The molecule has 0 aromatic heterocycles. The second-order valence-corrected chi connectivity index (χ2v) is 3.51. The number of hydrogen-bond donors (Lipinski definition) is 1. The van der Waals surface area contributed by atoms with Crippen LogP contribution in [0.25, 0.3) is 0 Å². The average molecular weight is 169 g/mol. The van der Waals surface area contributed by atoms with Crippen molar-refractivity contribution in [2.45, 2.75) is 6.92 Å². The second-order valence-electron chi connectivity index (χ2n) is 1.55. The van der Waals surface area contributed by atoms with Gasteiger partial charge in [-0.2, -0.15) is 0 Å². The maximum Gasteiger partial charge on any atom is 0.208 e. The van der Waals surface area contributed by atoms with Gasteiger partial charge in [0.05, 0.1) is 6.26 Å². The first kappa shape index (κ1) is 12.5. The Morgan fingerprint density at radius 2 is 1.70 bits per heavy atom. The molecule has 0 spiro atoms. The third kappa shape index (κ3) is 24.8. The predicted molar refractivity (Wildman–Crippen MR) is 41.5 cm³/mol. The number of methoxy groups -OCH3 is 1. The highest BCUT2D eigenvalue weighted by Crippen LogP contribution is 1.62. The first-order valence-corrected chi connectivity index (χ1v) is 4.74. The summed E-state index contributed by atoms with van der Waals surface area (Å²) in [5.74, 6) is 0. The normalized spacial score (nSPS) is 10.0. The van der Waals surface area contributed by atoms with Crippen LogP contribution >= 0.6 is 0 Å². The summed E-state index contributed by atoms with van der Waals surface area (Å²) in [5.41, 5.74) is 0. The van der Waals surface area contributed by atoms with Crippen LogP contribution in [0, 0.1) is 0 Å². The molecule has 0 amide bonds. The largest absolute Gasteiger partial charge is 0.385 e. The minimum absolute atomic E-state index is 0.819. The van der Waals surface area contributed by atoms with Gasteiger partial charge in [-0.15, -0.1) is 0 Å². The van der Waals surface area contributed by atoms with Crippen molar-refractivity contribution in [1.82, 2.24) is 4.72 Å². The van der Waals surface area contributed by atoms with Gasteiger partial charge in [0.2, 0.25) is 10.0 Å². The Hall–Kier alpha value is -0.130. The summed E-state index contributed by atoms with van der Waals surface area (Å²) < 4.78 is 26.4. The Kier molecular flexibility index (Phi) is 8.75. The summed E-state index contributed by atoms with van der Waals surface area (Å²) in [6, 6.07) is 0. The fourth-order valence-corrected chi connectivity index (χ4v) is 0. The van der Waals surface area contributed by atoms with Crippen LogP contribution in [0.4, 0.5) is 0 Å². The summed E-state index contributed by atoms with van der Waals surface area (Å²) in [6.45, 7) is 2.78. The molecule has 0 unspecified atom stereocenters. The zero-order valence-electron chi connectivity index (χ0n) is 6.84. The Morgan fingerprint density at radius 3 is 1.70 bits per heavy atom. The molecule has 0 rings (SSSR count). The van der Waals surface area contributed by atoms with E-state index in [-0.39, 0.29) is 0 Å². The van der Waals surface area contributed by atoms with Gasteiger partial charge in [-0.3, -0.25) is 0 Å². The van der Waals surface area contributed by atoms with Gasteiger partial charge in [0.25, 0.3) is 0 Å². The zero-order valence-corrected chi connectivity index (χ0v) is 7.66. The van der Waals surface area contributed by atoms with Crippen molar-refractivity contribution in [3.63, 3.8) is 0 Å². The molecule has 10 heavy (non-hydrogen) atoms. The van der Waals surface area contributed by atoms with Gasteiger partial charge in [0, 0.05) is 13.7 Å². The molecule has 0 bridgehead atoms. The summed E-state index contributed by atoms with van der Waals surface area (Å²) in [7, 11) is 0.139. The standard InChI is InChI=1S/C3H8O.C2H7NO2S/c1-3-4-2;1-3-6(2,4)5/h3H2,1-2H3;3H,1-2H3. The minimum Gasteiger partial charge on any atom is -0.385 e. The van der Waals surface area contributed by atoms with Crippen LogP contribution < -0.4 is 4.72 Å². The lowest BCUT2D eigenvalue weighted by molar-refractivity contribution is 0.215. The molecule has 0 saturated carbocycles. The lowest BCUT2D eigenvalue weighted by atomic mass is 10.9. The Labute approximate surface area is 62.6 Å². The Bertz CT molecular complexity index is 139. The van der Waals surface area contributed by atoms with Gasteiger partial charge in [0.15, 0.2) is 0 Å². The first-order valence-electron chi connectivity index (χ1n) is 2.85. The quantitative estimate of drug-likeness (QED) is 0.624. The monoisotopic (exact) mass is 169 g/mol. The van der Waals surface area contributed by atoms with E-state index in [1.54, 1.807) is 7.11 Å². The number of ether oxygens (including phenoxy) is 1. The molecule has 0 radical (unpaired) electrons. The molecule has 0 aliphatic carbocycles. The average Bonchev–Trinajstić information content (AvgIpc) is 1.87. The second kappa shape index (κ2) is 6.98. The fourth-order valence-electron chi connectivity index (χ4n) is 0. The van der Waals surface area contributed by atoms with E-state index in [9.17, 15) is 8.42 Å². The van der Waals surface area contributed by atoms with Gasteiger partial charge in [0.1, 0.15) is 0 Å². The molecule has 0 fully saturated rings. The van der Waals surface area contributed by atoms with Crippen molar-refractivity contribution in [3.05, 3.63) is 0 Å². The topological polar surface area (TPSA) is 55.4 Å². The molecular weight excluding hydrogens is 154 g/mol. The van der Waals surface area contributed by atoms with Crippen LogP contribution in [0.1, 0.15) is 6.92 Å². The van der Waals surface area contributed by atoms with Crippen LogP contribution in [-0.4, -0.2) is 35.4 Å². The molecule has 0 atom stereocenters. The molecule has 0 aliphatic heterocycles. The van der Waals surface area contributed by atoms with Crippen LogP contribution in [-0.2, 0) is 14.8 Å². The molecule has 4 nitrogen and oxygen atoms in total. The highest BCUT2D eigenvalue weighted by atomic mass is 32.2. The van der Waals surface area contributed by atoms with Crippen molar-refractivity contribution in [2.24, 2.45) is 0 Å². The van der Waals surface area contributed by atoms with Crippen LogP contribution in [0.5, 0.6) is 0 Å². The van der Waals surface area contributed by atoms with E-state index >= 15 is 0 Å². The van der Waals surface area contributed by atoms with Gasteiger partial charge in [-0.25, -0.2) is 13.1 Å². The number of sulfonamides is 1. The van der Waals surface area contributed by atoms with Gasteiger partial charge in [-0.05, 0) is 14.0 Å². The maximum atomic E-state index is 9.89. The minimum atomic E-state index is -2.91. The lowest BCUT2D eigenvalue weighted by Gasteiger charge is -1.85. The Balaban J connectivity index is 0. The van der Waals surface area contributed by atoms with Crippen molar-refractivity contribution < 1.29 is 13.2 Å². The van der Waals surface area contributed by atoms with Crippen molar-refractivity contribution in [3.8, 4) is 0 Å². The predicted octanol–water partition coefficient (Wildman–Crippen LogP) is -0.182. The molecule has 0 aromatic carbocycles. The van der Waals surface area contributed by atoms with Crippen molar-refractivity contribution in [1.29, 1.82) is 0 Å². The highest BCUT2D eigenvalue weighted by Gasteiger charge is 1.88. The SMILES string of the molecule is CCOC.CNS(C)(=O)=O. The lowest BCUT2D eigenvalue weighted by Crippen LogP contribution is -2.15. The number of hydrogen-bond acceptors (Lipinski definition) is 3. The van der Waals surface area contributed by atoms with E-state index in [4.69, 9.17) is 0 Å². The van der Waals surface area contributed by atoms with E-state index in [0.29, 0.717) is 0 Å². The molecule has 0 aliphatic rings. The summed E-state index contributed by atoms with van der Waals surface area (Å²) >= 11 is 0. The third-order valence-corrected chi connectivity index (χ3v) is 1.40. The molecule has 0 aromatic rings. The molecule has 1 N–H and O–H groups in total. The molecular formula is C5H15NO3S. The summed E-state index contributed by atoms with van der Waals surface area (Å²) in [6.07, 6.45) is 1.10. The van der Waals surface area contributed by atoms with Crippen molar-refractivity contribution in [2.75, 3.05) is 27.0 Å². The molecule has 0 heterocycles. The van der Waals surface area contributed by atoms with E-state index in [2.05, 4.69) is 9.46 Å². The van der Waals surface area contributed by atoms with E-state index in [1.807, 2.05) is 6.92 Å². The van der Waals surface area contributed by atoms with E-state index < -0.39 is 10.0 Å².